The van der Waals surface area contributed by atoms with Crippen LogP contribution in [0.25, 0.3) is 0 Å². The molecule has 8 heteroatoms. The van der Waals surface area contributed by atoms with Crippen LogP contribution >= 0.6 is 23.1 Å². The van der Waals surface area contributed by atoms with E-state index < -0.39 is 0 Å². The number of aryl methyl sites for hydroxylation is 1. The number of aromatic nitrogens is 1. The maximum Gasteiger partial charge on any atom is 0.265 e. The highest BCUT2D eigenvalue weighted by Gasteiger charge is 2.34. The predicted molar refractivity (Wildman–Crippen MR) is 83.9 cm³/mol. The molecular formula is C13H17N3O3S2. The summed E-state index contributed by atoms with van der Waals surface area (Å²) >= 11 is 2.41. The second kappa shape index (κ2) is 6.15. The van der Waals surface area contributed by atoms with Gasteiger partial charge < -0.3 is 4.90 Å². The largest absolute Gasteiger partial charge is 0.344 e. The molecule has 2 rings (SSSR count). The second-order valence-electron chi connectivity index (χ2n) is 5.05. The molecule has 21 heavy (non-hydrogen) atoms. The fourth-order valence-electron chi connectivity index (χ4n) is 2.07. The number of nitrogens with zero attached hydrogens (tertiary/aromatic N) is 3. The Balaban J connectivity index is 2.20. The third-order valence-corrected chi connectivity index (χ3v) is 5.19. The summed E-state index contributed by atoms with van der Waals surface area (Å²) < 4.78 is 0. The minimum Gasteiger partial charge on any atom is -0.344 e. The van der Waals surface area contributed by atoms with Gasteiger partial charge in [0.2, 0.25) is 5.91 Å². The molecule has 0 saturated carbocycles. The molecule has 0 aliphatic carbocycles. The van der Waals surface area contributed by atoms with Crippen LogP contribution in [-0.4, -0.2) is 52.7 Å². The summed E-state index contributed by atoms with van der Waals surface area (Å²) in [7, 11) is 3.36. The third kappa shape index (κ3) is 3.44. The summed E-state index contributed by atoms with van der Waals surface area (Å²) in [6.07, 6.45) is 0.333. The summed E-state index contributed by atoms with van der Waals surface area (Å²) in [5.41, 5.74) is 0.629. The molecule has 1 saturated heterocycles. The van der Waals surface area contributed by atoms with Crippen molar-refractivity contribution in [2.75, 3.05) is 25.5 Å². The third-order valence-electron chi connectivity index (χ3n) is 3.04. The molecule has 0 spiro atoms. The molecule has 1 fully saturated rings. The van der Waals surface area contributed by atoms with E-state index in [0.717, 1.165) is 0 Å². The van der Waals surface area contributed by atoms with Crippen molar-refractivity contribution in [2.24, 2.45) is 0 Å². The van der Waals surface area contributed by atoms with Crippen LogP contribution in [0.4, 0.5) is 5.13 Å². The van der Waals surface area contributed by atoms with E-state index in [1.54, 1.807) is 25.9 Å². The van der Waals surface area contributed by atoms with Gasteiger partial charge in [0.1, 0.15) is 4.88 Å². The summed E-state index contributed by atoms with van der Waals surface area (Å²) in [5, 5.41) is 0.509. The molecule has 1 aliphatic rings. The van der Waals surface area contributed by atoms with Crippen molar-refractivity contribution >= 4 is 45.2 Å². The number of carbonyl (C=O) groups excluding carboxylic acids is 3. The Morgan fingerprint density at radius 1 is 1.43 bits per heavy atom. The number of thiazole rings is 1. The summed E-state index contributed by atoms with van der Waals surface area (Å²) in [5.74, 6) is -0.163. The minimum absolute atomic E-state index is 0.00782. The molecular weight excluding hydrogens is 310 g/mol. The van der Waals surface area contributed by atoms with Gasteiger partial charge in [-0.15, -0.1) is 0 Å². The molecule has 6 nitrogen and oxygen atoms in total. The Morgan fingerprint density at radius 2 is 2.10 bits per heavy atom. The summed E-state index contributed by atoms with van der Waals surface area (Å²) in [6, 6.07) is 0. The van der Waals surface area contributed by atoms with Gasteiger partial charge in [-0.25, -0.2) is 4.98 Å². The average molecular weight is 327 g/mol. The van der Waals surface area contributed by atoms with Crippen molar-refractivity contribution in [3.63, 3.8) is 0 Å². The Labute approximate surface area is 131 Å². The van der Waals surface area contributed by atoms with Crippen LogP contribution in [0.3, 0.4) is 0 Å². The van der Waals surface area contributed by atoms with Crippen LogP contribution in [0, 0.1) is 6.92 Å². The van der Waals surface area contributed by atoms with Gasteiger partial charge in [-0.1, -0.05) is 23.1 Å². The van der Waals surface area contributed by atoms with E-state index in [-0.39, 0.29) is 22.2 Å². The van der Waals surface area contributed by atoms with Gasteiger partial charge >= 0.3 is 0 Å². The van der Waals surface area contributed by atoms with Gasteiger partial charge in [0.05, 0.1) is 5.69 Å². The molecule has 1 unspecified atom stereocenters. The van der Waals surface area contributed by atoms with E-state index in [9.17, 15) is 14.4 Å². The molecule has 0 radical (unpaired) electrons. The predicted octanol–water partition coefficient (Wildman–Crippen LogP) is 1.54. The monoisotopic (exact) mass is 327 g/mol. The average Bonchev–Trinajstić information content (AvgIpc) is 2.91. The first-order valence-electron chi connectivity index (χ1n) is 6.46. The highest BCUT2D eigenvalue weighted by Crippen LogP contribution is 2.33. The van der Waals surface area contributed by atoms with Gasteiger partial charge in [0.25, 0.3) is 5.91 Å². The van der Waals surface area contributed by atoms with Crippen molar-refractivity contribution < 1.29 is 14.4 Å². The van der Waals surface area contributed by atoms with Gasteiger partial charge in [0.15, 0.2) is 10.2 Å². The second-order valence-corrected chi connectivity index (χ2v) is 7.51. The number of amides is 2. The van der Waals surface area contributed by atoms with Crippen molar-refractivity contribution in [3.8, 4) is 0 Å². The Bertz CT molecular complexity index is 597. The smallest absolute Gasteiger partial charge is 0.265 e. The lowest BCUT2D eigenvalue weighted by Crippen LogP contribution is -2.24. The van der Waals surface area contributed by atoms with Gasteiger partial charge in [0, 0.05) is 39.2 Å². The standard InChI is InChI=1S/C13H17N3O3S2/c1-7-11(12(19)15(3)4)21-13(14-7)16-6-9(5-10(16)18)20-8(2)17/h9H,5-6H2,1-4H3. The molecule has 2 amide bonds. The molecule has 114 valence electrons. The summed E-state index contributed by atoms with van der Waals surface area (Å²) in [4.78, 5) is 43.2. The van der Waals surface area contributed by atoms with Crippen LogP contribution in [0.15, 0.2) is 0 Å². The highest BCUT2D eigenvalue weighted by molar-refractivity contribution is 8.14. The van der Waals surface area contributed by atoms with E-state index >= 15 is 0 Å². The fourth-order valence-corrected chi connectivity index (χ4v) is 4.11. The number of rotatable bonds is 3. The Hall–Kier alpha value is -1.41. The molecule has 1 atom stereocenters. The van der Waals surface area contributed by atoms with E-state index in [2.05, 4.69) is 4.98 Å². The van der Waals surface area contributed by atoms with Crippen molar-refractivity contribution in [2.45, 2.75) is 25.5 Å². The molecule has 2 heterocycles. The zero-order valence-electron chi connectivity index (χ0n) is 12.4. The zero-order chi connectivity index (χ0) is 15.7. The number of carbonyl (C=O) groups is 3. The lowest BCUT2D eigenvalue weighted by molar-refractivity contribution is -0.117. The number of thioether (sulfide) groups is 1. The Kier molecular flexibility index (Phi) is 4.67. The van der Waals surface area contributed by atoms with Crippen LogP contribution in [0.2, 0.25) is 0 Å². The zero-order valence-corrected chi connectivity index (χ0v) is 14.0. The van der Waals surface area contributed by atoms with Crippen LogP contribution in [-0.2, 0) is 9.59 Å². The normalized spacial score (nSPS) is 18.2. The lowest BCUT2D eigenvalue weighted by atomic mass is 10.3. The number of anilines is 1. The van der Waals surface area contributed by atoms with Crippen molar-refractivity contribution in [1.29, 1.82) is 0 Å². The first-order chi connectivity index (χ1) is 9.79. The minimum atomic E-state index is -0.113. The molecule has 1 aliphatic heterocycles. The van der Waals surface area contributed by atoms with E-state index in [4.69, 9.17) is 0 Å². The SMILES string of the molecule is CC(=O)SC1CC(=O)N(c2nc(C)c(C(=O)N(C)C)s2)C1. The first-order valence-corrected chi connectivity index (χ1v) is 8.16. The Morgan fingerprint density at radius 3 is 2.67 bits per heavy atom. The lowest BCUT2D eigenvalue weighted by Gasteiger charge is -2.12. The first kappa shape index (κ1) is 16.0. The number of hydrogen-bond acceptors (Lipinski definition) is 6. The van der Waals surface area contributed by atoms with Crippen LogP contribution in [0.5, 0.6) is 0 Å². The van der Waals surface area contributed by atoms with Gasteiger partial charge in [-0.05, 0) is 6.92 Å². The summed E-state index contributed by atoms with van der Waals surface area (Å²) in [6.45, 7) is 3.73. The molecule has 1 aromatic heterocycles. The maximum atomic E-state index is 12.1. The van der Waals surface area contributed by atoms with Crippen molar-refractivity contribution in [3.05, 3.63) is 10.6 Å². The van der Waals surface area contributed by atoms with E-state index in [1.165, 1.54) is 34.9 Å². The number of hydrogen-bond donors (Lipinski definition) is 0. The van der Waals surface area contributed by atoms with Crippen molar-refractivity contribution in [1.82, 2.24) is 9.88 Å². The van der Waals surface area contributed by atoms with Gasteiger partial charge in [-0.2, -0.15) is 0 Å². The molecule has 0 N–H and O–H groups in total. The van der Waals surface area contributed by atoms with Crippen LogP contribution in [0.1, 0.15) is 28.7 Å². The van der Waals surface area contributed by atoms with Gasteiger partial charge in [-0.3, -0.25) is 19.3 Å². The molecule has 0 bridgehead atoms. The fraction of sp³-hybridized carbons (Fsp3) is 0.538. The quantitative estimate of drug-likeness (QED) is 0.842. The highest BCUT2D eigenvalue weighted by atomic mass is 32.2. The van der Waals surface area contributed by atoms with Crippen LogP contribution < -0.4 is 4.90 Å². The molecule has 1 aromatic rings. The maximum absolute atomic E-state index is 12.1. The van der Waals surface area contributed by atoms with E-state index in [0.29, 0.717) is 28.7 Å². The van der Waals surface area contributed by atoms with E-state index in [1.807, 2.05) is 0 Å². The topological polar surface area (TPSA) is 70.6 Å². The molecule has 0 aromatic carbocycles.